The highest BCUT2D eigenvalue weighted by Gasteiger charge is 2.19. The van der Waals surface area contributed by atoms with Crippen molar-refractivity contribution in [1.82, 2.24) is 4.72 Å². The zero-order chi connectivity index (χ0) is 17.7. The van der Waals surface area contributed by atoms with Gasteiger partial charge in [0.1, 0.15) is 0 Å². The molecule has 24 heavy (non-hydrogen) atoms. The zero-order valence-corrected chi connectivity index (χ0v) is 13.9. The maximum Gasteiger partial charge on any atom is 0.339 e. The number of ether oxygens (including phenoxy) is 1. The third-order valence-corrected chi connectivity index (χ3v) is 4.49. The first kappa shape index (κ1) is 17.5. The molecule has 7 nitrogen and oxygen atoms in total. The van der Waals surface area contributed by atoms with E-state index in [1.807, 2.05) is 11.6 Å². The number of para-hydroxylation sites is 1. The molecule has 2 N–H and O–H groups in total. The van der Waals surface area contributed by atoms with Crippen molar-refractivity contribution < 1.29 is 22.7 Å². The fourth-order valence-corrected chi connectivity index (χ4v) is 2.83. The maximum absolute atomic E-state index is 12.2. The molecule has 0 unspecified atom stereocenters. The summed E-state index contributed by atoms with van der Waals surface area (Å²) in [5.74, 6) is -0.646. The summed E-state index contributed by atoms with van der Waals surface area (Å²) in [5.41, 5.74) is 1.15. The van der Waals surface area contributed by atoms with Crippen molar-refractivity contribution >= 4 is 27.7 Å². The molecule has 2 aromatic carbocycles. The number of sulfonamides is 1. The number of carbonyl (C=O) groups excluding carboxylic acids is 2. The van der Waals surface area contributed by atoms with Crippen molar-refractivity contribution in [3.05, 3.63) is 59.7 Å². The highest BCUT2D eigenvalue weighted by atomic mass is 32.2. The molecule has 0 spiro atoms. The van der Waals surface area contributed by atoms with Gasteiger partial charge in [0.25, 0.3) is 10.0 Å². The number of aryl methyl sites for hydroxylation is 1. The van der Waals surface area contributed by atoms with Crippen molar-refractivity contribution in [1.29, 1.82) is 0 Å². The molecule has 126 valence electrons. The number of carbonyl (C=O) groups is 2. The van der Waals surface area contributed by atoms with Crippen LogP contribution in [-0.2, 0) is 14.8 Å². The molecule has 0 aliphatic rings. The van der Waals surface area contributed by atoms with Crippen LogP contribution in [0.3, 0.4) is 0 Å². The van der Waals surface area contributed by atoms with Gasteiger partial charge in [-0.2, -0.15) is 0 Å². The summed E-state index contributed by atoms with van der Waals surface area (Å²) in [7, 11) is -2.80. The third-order valence-electron chi connectivity index (χ3n) is 3.14. The normalized spacial score (nSPS) is 10.8. The lowest BCUT2D eigenvalue weighted by atomic mass is 10.2. The summed E-state index contributed by atoms with van der Waals surface area (Å²) in [6.45, 7) is 1.82. The lowest BCUT2D eigenvalue weighted by molar-refractivity contribution is 0.0602. The van der Waals surface area contributed by atoms with Crippen molar-refractivity contribution in [2.75, 3.05) is 12.4 Å². The SMILES string of the molecule is COC(=O)c1ccccc1NC(=O)NS(=O)(=O)c1ccc(C)cc1. The second-order valence-electron chi connectivity index (χ2n) is 4.91. The average Bonchev–Trinajstić information content (AvgIpc) is 2.54. The van der Waals surface area contributed by atoms with Gasteiger partial charge in [-0.15, -0.1) is 0 Å². The van der Waals surface area contributed by atoms with E-state index in [1.165, 1.54) is 31.4 Å². The minimum absolute atomic E-state index is 0.0375. The smallest absolute Gasteiger partial charge is 0.339 e. The molecule has 0 aromatic heterocycles. The predicted molar refractivity (Wildman–Crippen MR) is 88.3 cm³/mol. The summed E-state index contributed by atoms with van der Waals surface area (Å²) >= 11 is 0. The minimum Gasteiger partial charge on any atom is -0.465 e. The van der Waals surface area contributed by atoms with Crippen molar-refractivity contribution in [3.8, 4) is 0 Å². The standard InChI is InChI=1S/C16H16N2O5S/c1-11-7-9-12(10-8-11)24(21,22)18-16(20)17-14-6-4-3-5-13(14)15(19)23-2/h3-10H,1-2H3,(H2,17,18,20). The van der Waals surface area contributed by atoms with Crippen molar-refractivity contribution in [3.63, 3.8) is 0 Å². The van der Waals surface area contributed by atoms with Gasteiger partial charge in [-0.25, -0.2) is 22.7 Å². The van der Waals surface area contributed by atoms with Gasteiger partial charge in [0.2, 0.25) is 0 Å². The van der Waals surface area contributed by atoms with Crippen LogP contribution in [0.2, 0.25) is 0 Å². The fourth-order valence-electron chi connectivity index (χ4n) is 1.93. The Morgan fingerprint density at radius 2 is 1.62 bits per heavy atom. The van der Waals surface area contributed by atoms with Crippen LogP contribution in [0.15, 0.2) is 53.4 Å². The van der Waals surface area contributed by atoms with Crippen molar-refractivity contribution in [2.45, 2.75) is 11.8 Å². The number of esters is 1. The number of nitrogens with one attached hydrogen (secondary N) is 2. The lowest BCUT2D eigenvalue weighted by Crippen LogP contribution is -2.34. The summed E-state index contributed by atoms with van der Waals surface area (Å²) in [6, 6.07) is 11.2. The second-order valence-corrected chi connectivity index (χ2v) is 6.59. The van der Waals surface area contributed by atoms with E-state index in [9.17, 15) is 18.0 Å². The molecule has 0 heterocycles. The topological polar surface area (TPSA) is 102 Å². The number of benzene rings is 2. The van der Waals surface area contributed by atoms with Crippen LogP contribution in [-0.4, -0.2) is 27.5 Å². The van der Waals surface area contributed by atoms with Gasteiger partial charge in [-0.3, -0.25) is 0 Å². The molecular weight excluding hydrogens is 332 g/mol. The number of amides is 2. The van der Waals surface area contributed by atoms with Crippen LogP contribution < -0.4 is 10.0 Å². The molecule has 0 bridgehead atoms. The molecule has 0 fully saturated rings. The predicted octanol–water partition coefficient (Wildman–Crippen LogP) is 2.29. The molecule has 2 rings (SSSR count). The number of methoxy groups -OCH3 is 1. The van der Waals surface area contributed by atoms with Gasteiger partial charge >= 0.3 is 12.0 Å². The van der Waals surface area contributed by atoms with Crippen LogP contribution in [0.4, 0.5) is 10.5 Å². The van der Waals surface area contributed by atoms with Gasteiger partial charge in [-0.05, 0) is 31.2 Å². The Hall–Kier alpha value is -2.87. The molecule has 0 saturated heterocycles. The van der Waals surface area contributed by atoms with E-state index < -0.39 is 22.0 Å². The van der Waals surface area contributed by atoms with Gasteiger partial charge in [0.05, 0.1) is 23.3 Å². The molecule has 0 atom stereocenters. The van der Waals surface area contributed by atoms with Gasteiger partial charge < -0.3 is 10.1 Å². The second kappa shape index (κ2) is 7.14. The Labute approximate surface area is 139 Å². The Bertz CT molecular complexity index is 860. The van der Waals surface area contributed by atoms with E-state index in [0.29, 0.717) is 0 Å². The van der Waals surface area contributed by atoms with Crippen LogP contribution >= 0.6 is 0 Å². The maximum atomic E-state index is 12.2. The highest BCUT2D eigenvalue weighted by molar-refractivity contribution is 7.90. The van der Waals surface area contributed by atoms with E-state index in [1.54, 1.807) is 24.3 Å². The first-order valence-electron chi connectivity index (χ1n) is 6.91. The molecule has 8 heteroatoms. The monoisotopic (exact) mass is 348 g/mol. The Kier molecular flexibility index (Phi) is 5.20. The Morgan fingerprint density at radius 1 is 1.00 bits per heavy atom. The number of anilines is 1. The largest absolute Gasteiger partial charge is 0.465 e. The van der Waals surface area contributed by atoms with Gasteiger partial charge in [0.15, 0.2) is 0 Å². The zero-order valence-electron chi connectivity index (χ0n) is 13.1. The van der Waals surface area contributed by atoms with E-state index in [-0.39, 0.29) is 16.1 Å². The van der Waals surface area contributed by atoms with Crippen molar-refractivity contribution in [2.24, 2.45) is 0 Å². The first-order chi connectivity index (χ1) is 11.3. The molecule has 0 saturated carbocycles. The van der Waals surface area contributed by atoms with Crippen LogP contribution in [0.1, 0.15) is 15.9 Å². The Morgan fingerprint density at radius 3 is 2.25 bits per heavy atom. The minimum atomic E-state index is -4.01. The molecule has 2 amide bonds. The van der Waals surface area contributed by atoms with Crippen LogP contribution in [0, 0.1) is 6.92 Å². The molecule has 0 radical (unpaired) electrons. The number of hydrogen-bond donors (Lipinski definition) is 2. The molecule has 0 aliphatic heterocycles. The fraction of sp³-hybridized carbons (Fsp3) is 0.125. The molecular formula is C16H16N2O5S. The quantitative estimate of drug-likeness (QED) is 0.826. The van der Waals surface area contributed by atoms with E-state index in [4.69, 9.17) is 0 Å². The first-order valence-corrected chi connectivity index (χ1v) is 8.39. The lowest BCUT2D eigenvalue weighted by Gasteiger charge is -2.11. The number of urea groups is 1. The van der Waals surface area contributed by atoms with E-state index >= 15 is 0 Å². The number of rotatable bonds is 4. The summed E-state index contributed by atoms with van der Waals surface area (Å²) < 4.78 is 30.8. The van der Waals surface area contributed by atoms with Gasteiger partial charge in [0, 0.05) is 0 Å². The molecule has 2 aromatic rings. The van der Waals surface area contributed by atoms with Crippen LogP contribution in [0.25, 0.3) is 0 Å². The highest BCUT2D eigenvalue weighted by Crippen LogP contribution is 2.16. The van der Waals surface area contributed by atoms with Crippen LogP contribution in [0.5, 0.6) is 0 Å². The summed E-state index contributed by atoms with van der Waals surface area (Å²) in [5, 5.41) is 2.33. The summed E-state index contributed by atoms with van der Waals surface area (Å²) in [4.78, 5) is 23.6. The third kappa shape index (κ3) is 4.11. The molecule has 0 aliphatic carbocycles. The van der Waals surface area contributed by atoms with E-state index in [0.717, 1.165) is 5.56 Å². The van der Waals surface area contributed by atoms with E-state index in [2.05, 4.69) is 10.1 Å². The van der Waals surface area contributed by atoms with Gasteiger partial charge in [-0.1, -0.05) is 29.8 Å². The number of hydrogen-bond acceptors (Lipinski definition) is 5. The summed E-state index contributed by atoms with van der Waals surface area (Å²) in [6.07, 6.45) is 0. The average molecular weight is 348 g/mol. The Balaban J connectivity index is 2.17.